The average molecular weight is 421 g/mol. The van der Waals surface area contributed by atoms with Crippen LogP contribution in [0.3, 0.4) is 0 Å². The second kappa shape index (κ2) is 8.96. The molecule has 0 unspecified atom stereocenters. The standard InChI is InChI=1S/C20H28N4O4S/c1-22(14-16-13-21-23(2)15-16)20(25)18-12-17(8-9-19(18)28-3)29(26,27)24-10-6-4-5-7-11-24/h8-9,12-13,15H,4-7,10-11,14H2,1-3H3. The zero-order chi connectivity index (χ0) is 21.0. The van der Waals surface area contributed by atoms with E-state index in [2.05, 4.69) is 5.10 Å². The maximum Gasteiger partial charge on any atom is 0.257 e. The fourth-order valence-electron chi connectivity index (χ4n) is 3.55. The Kier molecular flexibility index (Phi) is 6.59. The van der Waals surface area contributed by atoms with Gasteiger partial charge in [-0.05, 0) is 31.0 Å². The number of aromatic nitrogens is 2. The molecule has 1 aliphatic heterocycles. The average Bonchev–Trinajstić information content (AvgIpc) is 2.95. The van der Waals surface area contributed by atoms with E-state index in [0.29, 0.717) is 25.4 Å². The molecule has 2 heterocycles. The van der Waals surface area contributed by atoms with E-state index >= 15 is 0 Å². The molecule has 158 valence electrons. The molecule has 2 aromatic rings. The molecule has 9 heteroatoms. The van der Waals surface area contributed by atoms with Crippen molar-refractivity contribution in [2.75, 3.05) is 27.2 Å². The van der Waals surface area contributed by atoms with Crippen molar-refractivity contribution < 1.29 is 17.9 Å². The Balaban J connectivity index is 1.88. The number of nitrogens with zero attached hydrogens (tertiary/aromatic N) is 4. The van der Waals surface area contributed by atoms with Crippen LogP contribution < -0.4 is 4.74 Å². The van der Waals surface area contributed by atoms with Crippen LogP contribution in [0.25, 0.3) is 0 Å². The number of aryl methyl sites for hydroxylation is 1. The Bertz CT molecular complexity index is 963. The first kappa shape index (κ1) is 21.3. The molecular formula is C20H28N4O4S. The smallest absolute Gasteiger partial charge is 0.257 e. The zero-order valence-electron chi connectivity index (χ0n) is 17.2. The minimum atomic E-state index is -3.65. The van der Waals surface area contributed by atoms with Crippen molar-refractivity contribution in [2.45, 2.75) is 37.1 Å². The fourth-order valence-corrected chi connectivity index (χ4v) is 5.09. The van der Waals surface area contributed by atoms with Crippen LogP contribution in [0.15, 0.2) is 35.5 Å². The first-order valence-electron chi connectivity index (χ1n) is 9.74. The van der Waals surface area contributed by atoms with Crippen LogP contribution in [0, 0.1) is 0 Å². The highest BCUT2D eigenvalue weighted by Gasteiger charge is 2.27. The third-order valence-electron chi connectivity index (χ3n) is 5.13. The lowest BCUT2D eigenvalue weighted by Crippen LogP contribution is -2.32. The summed E-state index contributed by atoms with van der Waals surface area (Å²) in [6, 6.07) is 4.49. The molecule has 0 bridgehead atoms. The number of hydrogen-bond acceptors (Lipinski definition) is 5. The first-order valence-corrected chi connectivity index (χ1v) is 11.2. The van der Waals surface area contributed by atoms with Gasteiger partial charge in [0, 0.05) is 45.5 Å². The molecule has 0 saturated carbocycles. The minimum absolute atomic E-state index is 0.123. The molecule has 0 atom stereocenters. The van der Waals surface area contributed by atoms with Crippen LogP contribution in [-0.4, -0.2) is 60.6 Å². The van der Waals surface area contributed by atoms with Crippen molar-refractivity contribution in [3.63, 3.8) is 0 Å². The third-order valence-corrected chi connectivity index (χ3v) is 7.02. The minimum Gasteiger partial charge on any atom is -0.496 e. The van der Waals surface area contributed by atoms with Crippen molar-refractivity contribution in [2.24, 2.45) is 7.05 Å². The van der Waals surface area contributed by atoms with Gasteiger partial charge in [0.15, 0.2) is 0 Å². The van der Waals surface area contributed by atoms with Gasteiger partial charge in [0.2, 0.25) is 10.0 Å². The van der Waals surface area contributed by atoms with Crippen LogP contribution in [0.5, 0.6) is 5.75 Å². The lowest BCUT2D eigenvalue weighted by atomic mass is 10.1. The van der Waals surface area contributed by atoms with Gasteiger partial charge in [0.25, 0.3) is 5.91 Å². The lowest BCUT2D eigenvalue weighted by Gasteiger charge is -2.22. The van der Waals surface area contributed by atoms with Gasteiger partial charge in [-0.1, -0.05) is 12.8 Å². The molecule has 0 N–H and O–H groups in total. The van der Waals surface area contributed by atoms with E-state index in [4.69, 9.17) is 4.74 Å². The van der Waals surface area contributed by atoms with Gasteiger partial charge in [-0.3, -0.25) is 9.48 Å². The number of hydrogen-bond donors (Lipinski definition) is 0. The monoisotopic (exact) mass is 420 g/mol. The van der Waals surface area contributed by atoms with Gasteiger partial charge in [0.1, 0.15) is 5.75 Å². The lowest BCUT2D eigenvalue weighted by molar-refractivity contribution is 0.0781. The van der Waals surface area contributed by atoms with Gasteiger partial charge in [0.05, 0.1) is 23.8 Å². The number of carbonyl (C=O) groups excluding carboxylic acids is 1. The maximum atomic E-state index is 13.1. The molecule has 0 spiro atoms. The predicted molar refractivity (Wildman–Crippen MR) is 109 cm³/mol. The summed E-state index contributed by atoms with van der Waals surface area (Å²) in [4.78, 5) is 14.7. The quantitative estimate of drug-likeness (QED) is 0.716. The Labute approximate surface area is 172 Å². The Morgan fingerprint density at radius 3 is 2.48 bits per heavy atom. The number of carbonyl (C=O) groups is 1. The molecule has 8 nitrogen and oxygen atoms in total. The van der Waals surface area contributed by atoms with E-state index in [1.54, 1.807) is 24.0 Å². The second-order valence-electron chi connectivity index (χ2n) is 7.36. The highest BCUT2D eigenvalue weighted by Crippen LogP contribution is 2.27. The number of methoxy groups -OCH3 is 1. The second-order valence-corrected chi connectivity index (χ2v) is 9.30. The SMILES string of the molecule is COc1ccc(S(=O)(=O)N2CCCCCC2)cc1C(=O)N(C)Cc1cnn(C)c1. The molecule has 3 rings (SSSR count). The Morgan fingerprint density at radius 2 is 1.90 bits per heavy atom. The number of amides is 1. The van der Waals surface area contributed by atoms with Crippen molar-refractivity contribution in [3.05, 3.63) is 41.7 Å². The van der Waals surface area contributed by atoms with Crippen LogP contribution >= 0.6 is 0 Å². The summed E-state index contributed by atoms with van der Waals surface area (Å²) in [6.07, 6.45) is 7.32. The van der Waals surface area contributed by atoms with Crippen molar-refractivity contribution >= 4 is 15.9 Å². The summed E-state index contributed by atoms with van der Waals surface area (Å²) in [7, 11) is 1.30. The molecule has 1 aliphatic rings. The van der Waals surface area contributed by atoms with E-state index in [1.165, 1.54) is 28.4 Å². The molecule has 0 aliphatic carbocycles. The summed E-state index contributed by atoms with van der Waals surface area (Å²) in [5, 5.41) is 4.11. The van der Waals surface area contributed by atoms with Gasteiger partial charge in [-0.15, -0.1) is 0 Å². The van der Waals surface area contributed by atoms with Crippen LogP contribution in [0.2, 0.25) is 0 Å². The van der Waals surface area contributed by atoms with E-state index < -0.39 is 10.0 Å². The van der Waals surface area contributed by atoms with Gasteiger partial charge < -0.3 is 9.64 Å². The van der Waals surface area contributed by atoms with Crippen molar-refractivity contribution in [3.8, 4) is 5.75 Å². The number of sulfonamides is 1. The predicted octanol–water partition coefficient (Wildman–Crippen LogP) is 2.27. The largest absolute Gasteiger partial charge is 0.496 e. The summed E-state index contributed by atoms with van der Waals surface area (Å²) < 4.78 is 34.8. The molecule has 29 heavy (non-hydrogen) atoms. The van der Waals surface area contributed by atoms with Crippen LogP contribution in [-0.2, 0) is 23.6 Å². The summed E-state index contributed by atoms with van der Waals surface area (Å²) in [5.41, 5.74) is 1.12. The molecule has 1 saturated heterocycles. The van der Waals surface area contributed by atoms with E-state index in [9.17, 15) is 13.2 Å². The zero-order valence-corrected chi connectivity index (χ0v) is 18.0. The van der Waals surface area contributed by atoms with Gasteiger partial charge in [-0.25, -0.2) is 8.42 Å². The molecule has 1 aromatic heterocycles. The van der Waals surface area contributed by atoms with Crippen LogP contribution in [0.1, 0.15) is 41.6 Å². The fraction of sp³-hybridized carbons (Fsp3) is 0.500. The molecule has 0 radical (unpaired) electrons. The Hall–Kier alpha value is -2.39. The highest BCUT2D eigenvalue weighted by molar-refractivity contribution is 7.89. The molecule has 1 amide bonds. The van der Waals surface area contributed by atoms with Crippen molar-refractivity contribution in [1.82, 2.24) is 19.0 Å². The van der Waals surface area contributed by atoms with Crippen LogP contribution in [0.4, 0.5) is 0 Å². The van der Waals surface area contributed by atoms with Crippen molar-refractivity contribution in [1.29, 1.82) is 0 Å². The summed E-state index contributed by atoms with van der Waals surface area (Å²) >= 11 is 0. The Morgan fingerprint density at radius 1 is 1.21 bits per heavy atom. The topological polar surface area (TPSA) is 84.7 Å². The molecular weight excluding hydrogens is 392 g/mol. The molecule has 1 aromatic carbocycles. The first-order chi connectivity index (χ1) is 13.8. The number of ether oxygens (including phenoxy) is 1. The third kappa shape index (κ3) is 4.79. The normalized spacial score (nSPS) is 15.7. The summed E-state index contributed by atoms with van der Waals surface area (Å²) in [5.74, 6) is 0.0430. The number of rotatable bonds is 6. The highest BCUT2D eigenvalue weighted by atomic mass is 32.2. The van der Waals surface area contributed by atoms with E-state index in [-0.39, 0.29) is 16.4 Å². The summed E-state index contributed by atoms with van der Waals surface area (Å²) in [6.45, 7) is 1.38. The maximum absolute atomic E-state index is 13.1. The van der Waals surface area contributed by atoms with Gasteiger partial charge >= 0.3 is 0 Å². The van der Waals surface area contributed by atoms with Gasteiger partial charge in [-0.2, -0.15) is 9.40 Å². The number of benzene rings is 1. The molecule has 1 fully saturated rings. The van der Waals surface area contributed by atoms with E-state index in [1.807, 2.05) is 13.2 Å². The van der Waals surface area contributed by atoms with E-state index in [0.717, 1.165) is 31.2 Å².